The molecule has 3 fully saturated rings. The van der Waals surface area contributed by atoms with Crippen molar-refractivity contribution in [2.24, 2.45) is 11.8 Å². The maximum atomic E-state index is 11.7. The Morgan fingerprint density at radius 3 is 2.50 bits per heavy atom. The lowest BCUT2D eigenvalue weighted by Gasteiger charge is -2.45. The van der Waals surface area contributed by atoms with E-state index in [1.165, 1.54) is 23.9 Å². The summed E-state index contributed by atoms with van der Waals surface area (Å²) in [5.41, 5.74) is 4.50. The molecule has 2 aliphatic heterocycles. The van der Waals surface area contributed by atoms with E-state index in [1.807, 2.05) is 24.3 Å². The molecule has 5 rings (SSSR count). The van der Waals surface area contributed by atoms with Crippen LogP contribution in [0.25, 0.3) is 0 Å². The molecule has 0 radical (unpaired) electrons. The Balaban J connectivity index is 1.10. The molecule has 1 amide bonds. The Labute approximate surface area is 226 Å². The quantitative estimate of drug-likeness (QED) is 0.572. The molecule has 198 valence electrons. The number of carbonyl (C=O) groups is 1. The SMILES string of the molecule is COC(=O)NC1CCCC1Cc1ccc(C2CCN(CC3CN(c4ccc(C#N)cc4)C3)C(C#N)C2)cc1. The van der Waals surface area contributed by atoms with Gasteiger partial charge in [0.25, 0.3) is 0 Å². The first-order valence-corrected chi connectivity index (χ1v) is 13.9. The number of hydrogen-bond acceptors (Lipinski definition) is 6. The van der Waals surface area contributed by atoms with E-state index < -0.39 is 0 Å². The Morgan fingerprint density at radius 2 is 1.82 bits per heavy atom. The van der Waals surface area contributed by atoms with Crippen molar-refractivity contribution in [2.75, 3.05) is 38.2 Å². The molecular formula is C31H37N5O2. The molecule has 1 N–H and O–H groups in total. The molecule has 7 heteroatoms. The van der Waals surface area contributed by atoms with Gasteiger partial charge in [0.05, 0.1) is 30.9 Å². The molecule has 1 aliphatic carbocycles. The molecule has 3 aliphatic rings. The van der Waals surface area contributed by atoms with Gasteiger partial charge in [-0.15, -0.1) is 0 Å². The Hall–Kier alpha value is -3.55. The van der Waals surface area contributed by atoms with E-state index in [-0.39, 0.29) is 18.2 Å². The summed E-state index contributed by atoms with van der Waals surface area (Å²) in [4.78, 5) is 16.4. The molecule has 0 spiro atoms. The van der Waals surface area contributed by atoms with Gasteiger partial charge < -0.3 is 15.0 Å². The maximum Gasteiger partial charge on any atom is 0.407 e. The zero-order chi connectivity index (χ0) is 26.5. The Morgan fingerprint density at radius 1 is 1.05 bits per heavy atom. The number of amides is 1. The first-order valence-electron chi connectivity index (χ1n) is 13.9. The van der Waals surface area contributed by atoms with Crippen LogP contribution in [0, 0.1) is 34.5 Å². The fourth-order valence-electron chi connectivity index (χ4n) is 6.55. The number of anilines is 1. The van der Waals surface area contributed by atoms with E-state index in [0.29, 0.717) is 23.3 Å². The van der Waals surface area contributed by atoms with Crippen molar-refractivity contribution in [1.82, 2.24) is 10.2 Å². The number of hydrogen-bond donors (Lipinski definition) is 1. The highest BCUT2D eigenvalue weighted by Gasteiger charge is 2.35. The molecule has 7 nitrogen and oxygen atoms in total. The summed E-state index contributed by atoms with van der Waals surface area (Å²) in [5.74, 6) is 1.44. The number of methoxy groups -OCH3 is 1. The summed E-state index contributed by atoms with van der Waals surface area (Å²) in [6, 6.07) is 21.7. The minimum Gasteiger partial charge on any atom is -0.453 e. The minimum atomic E-state index is -0.337. The van der Waals surface area contributed by atoms with Gasteiger partial charge in [-0.3, -0.25) is 4.90 Å². The molecule has 38 heavy (non-hydrogen) atoms. The molecule has 0 aromatic heterocycles. The predicted octanol–water partition coefficient (Wildman–Crippen LogP) is 4.83. The van der Waals surface area contributed by atoms with Crippen molar-refractivity contribution in [1.29, 1.82) is 10.5 Å². The number of benzene rings is 2. The van der Waals surface area contributed by atoms with Gasteiger partial charge in [-0.25, -0.2) is 4.79 Å². The summed E-state index contributed by atoms with van der Waals surface area (Å²) in [7, 11) is 1.42. The maximum absolute atomic E-state index is 11.7. The van der Waals surface area contributed by atoms with Crippen LogP contribution in [0.4, 0.5) is 10.5 Å². The fraction of sp³-hybridized carbons (Fsp3) is 0.516. The lowest BCUT2D eigenvalue weighted by atomic mass is 9.84. The van der Waals surface area contributed by atoms with E-state index in [1.54, 1.807) is 0 Å². The third kappa shape index (κ3) is 5.95. The van der Waals surface area contributed by atoms with Gasteiger partial charge >= 0.3 is 6.09 Å². The van der Waals surface area contributed by atoms with Crippen molar-refractivity contribution >= 4 is 11.8 Å². The standard InChI is InChI=1S/C31H37N5O2/c1-38-31(37)34-30-4-2-3-27(30)15-22-5-9-25(10-6-22)26-13-14-35(29(16-26)18-33)19-24-20-36(21-24)28-11-7-23(17-32)8-12-28/h5-12,24,26-27,29-30H,2-4,13-16,19-21H2,1H3,(H,34,37). The van der Waals surface area contributed by atoms with Gasteiger partial charge in [0.2, 0.25) is 0 Å². The number of nitrogens with zero attached hydrogens (tertiary/aromatic N) is 4. The van der Waals surface area contributed by atoms with E-state index >= 15 is 0 Å². The predicted molar refractivity (Wildman–Crippen MR) is 147 cm³/mol. The molecule has 2 saturated heterocycles. The smallest absolute Gasteiger partial charge is 0.407 e. The second-order valence-electron chi connectivity index (χ2n) is 11.2. The normalized spacial score (nSPS) is 25.7. The third-order valence-electron chi connectivity index (χ3n) is 8.77. The third-order valence-corrected chi connectivity index (χ3v) is 8.77. The zero-order valence-corrected chi connectivity index (χ0v) is 22.2. The van der Waals surface area contributed by atoms with Crippen LogP contribution in [0.15, 0.2) is 48.5 Å². The molecule has 2 heterocycles. The minimum absolute atomic E-state index is 0.0407. The van der Waals surface area contributed by atoms with E-state index in [2.05, 4.69) is 51.5 Å². The lowest BCUT2D eigenvalue weighted by molar-refractivity contribution is 0.135. The lowest BCUT2D eigenvalue weighted by Crippen LogP contribution is -2.54. The number of piperidine rings is 1. The van der Waals surface area contributed by atoms with Gasteiger partial charge in [0, 0.05) is 37.3 Å². The highest BCUT2D eigenvalue weighted by molar-refractivity contribution is 5.67. The van der Waals surface area contributed by atoms with Crippen LogP contribution in [-0.2, 0) is 11.2 Å². The number of nitriles is 2. The second kappa shape index (κ2) is 11.9. The summed E-state index contributed by atoms with van der Waals surface area (Å²) < 4.78 is 4.79. The number of alkyl carbamates (subject to hydrolysis) is 1. The number of carbonyl (C=O) groups excluding carboxylic acids is 1. The van der Waals surface area contributed by atoms with Crippen molar-refractivity contribution < 1.29 is 9.53 Å². The van der Waals surface area contributed by atoms with Crippen molar-refractivity contribution in [2.45, 2.75) is 56.5 Å². The highest BCUT2D eigenvalue weighted by atomic mass is 16.5. The number of nitrogens with one attached hydrogen (secondary N) is 1. The van der Waals surface area contributed by atoms with E-state index in [9.17, 15) is 10.1 Å². The van der Waals surface area contributed by atoms with Crippen molar-refractivity contribution in [3.05, 3.63) is 65.2 Å². The van der Waals surface area contributed by atoms with Crippen LogP contribution in [0.3, 0.4) is 0 Å². The summed E-state index contributed by atoms with van der Waals surface area (Å²) >= 11 is 0. The molecule has 0 bridgehead atoms. The zero-order valence-electron chi connectivity index (χ0n) is 22.2. The molecular weight excluding hydrogens is 474 g/mol. The van der Waals surface area contributed by atoms with E-state index in [4.69, 9.17) is 10.00 Å². The van der Waals surface area contributed by atoms with Crippen LogP contribution >= 0.6 is 0 Å². The van der Waals surface area contributed by atoms with Crippen LogP contribution in [0.1, 0.15) is 54.7 Å². The van der Waals surface area contributed by atoms with Gasteiger partial charge in [-0.05, 0) is 85.9 Å². The van der Waals surface area contributed by atoms with Crippen LogP contribution in [-0.4, -0.2) is 56.4 Å². The average molecular weight is 512 g/mol. The van der Waals surface area contributed by atoms with E-state index in [0.717, 1.165) is 64.7 Å². The number of ether oxygens (including phenoxy) is 1. The molecule has 4 unspecified atom stereocenters. The van der Waals surface area contributed by atoms with Gasteiger partial charge in [0.1, 0.15) is 0 Å². The molecule has 1 saturated carbocycles. The summed E-state index contributed by atoms with van der Waals surface area (Å²) in [6.45, 7) is 3.94. The second-order valence-corrected chi connectivity index (χ2v) is 11.2. The first-order chi connectivity index (χ1) is 18.6. The van der Waals surface area contributed by atoms with Crippen LogP contribution in [0.5, 0.6) is 0 Å². The van der Waals surface area contributed by atoms with Crippen LogP contribution in [0.2, 0.25) is 0 Å². The monoisotopic (exact) mass is 511 g/mol. The fourth-order valence-corrected chi connectivity index (χ4v) is 6.55. The molecule has 2 aromatic carbocycles. The summed E-state index contributed by atoms with van der Waals surface area (Å²) in [5, 5.41) is 22.0. The van der Waals surface area contributed by atoms with Gasteiger partial charge in [-0.2, -0.15) is 10.5 Å². The summed E-state index contributed by atoms with van der Waals surface area (Å²) in [6.07, 6.45) is 5.88. The molecule has 4 atom stereocenters. The van der Waals surface area contributed by atoms with Crippen molar-refractivity contribution in [3.8, 4) is 12.1 Å². The first kappa shape index (κ1) is 26.1. The number of likely N-dealkylation sites (tertiary alicyclic amines) is 1. The van der Waals surface area contributed by atoms with Crippen LogP contribution < -0.4 is 10.2 Å². The van der Waals surface area contributed by atoms with Gasteiger partial charge in [0.15, 0.2) is 0 Å². The Bertz CT molecular complexity index is 1180. The Kier molecular flexibility index (Phi) is 8.15. The largest absolute Gasteiger partial charge is 0.453 e. The molecule has 2 aromatic rings. The number of rotatable bonds is 7. The topological polar surface area (TPSA) is 92.4 Å². The highest BCUT2D eigenvalue weighted by Crippen LogP contribution is 2.34. The van der Waals surface area contributed by atoms with Crippen molar-refractivity contribution in [3.63, 3.8) is 0 Å². The van der Waals surface area contributed by atoms with Gasteiger partial charge in [-0.1, -0.05) is 30.7 Å². The average Bonchev–Trinajstić information content (AvgIpc) is 3.37.